The molecule has 9 heteroatoms. The number of H-pyrrole nitrogens is 1. The molecule has 0 amide bonds. The van der Waals surface area contributed by atoms with Crippen LogP contribution >= 0.6 is 11.6 Å². The lowest BCUT2D eigenvalue weighted by atomic mass is 10.2. The third kappa shape index (κ3) is 2.94. The molecule has 0 unspecified atom stereocenters. The molecule has 0 aliphatic heterocycles. The van der Waals surface area contributed by atoms with Crippen molar-refractivity contribution >= 4 is 33.8 Å². The van der Waals surface area contributed by atoms with Crippen LogP contribution in [0.25, 0.3) is 28.1 Å². The molecular formula is C20H12ClN7O. The molecule has 0 radical (unpaired) electrons. The number of nitrogens with one attached hydrogen (secondary N) is 1. The molecule has 5 rings (SSSR count). The summed E-state index contributed by atoms with van der Waals surface area (Å²) in [5, 5.41) is 9.66. The zero-order valence-electron chi connectivity index (χ0n) is 14.9. The van der Waals surface area contributed by atoms with Crippen LogP contribution in [-0.4, -0.2) is 29.1 Å². The number of hydrogen-bond donors (Lipinski definition) is 1. The summed E-state index contributed by atoms with van der Waals surface area (Å²) >= 11 is 6.06. The average molecular weight is 402 g/mol. The topological polar surface area (TPSA) is 105 Å². The molecule has 0 atom stereocenters. The fraction of sp³-hybridized carbons (Fsp3) is 0.0500. The van der Waals surface area contributed by atoms with Crippen LogP contribution < -0.4 is 5.69 Å². The first-order valence-corrected chi connectivity index (χ1v) is 9.08. The lowest BCUT2D eigenvalue weighted by Gasteiger charge is -2.06. The second kappa shape index (κ2) is 6.58. The van der Waals surface area contributed by atoms with E-state index in [4.69, 9.17) is 16.9 Å². The summed E-state index contributed by atoms with van der Waals surface area (Å²) in [5.41, 5.74) is 3.59. The van der Waals surface area contributed by atoms with Crippen molar-refractivity contribution < 1.29 is 0 Å². The normalized spacial score (nSPS) is 11.2. The Morgan fingerprint density at radius 1 is 1.17 bits per heavy atom. The van der Waals surface area contributed by atoms with Crippen molar-refractivity contribution in [2.45, 2.75) is 6.54 Å². The van der Waals surface area contributed by atoms with Gasteiger partial charge in [-0.2, -0.15) is 10.2 Å². The van der Waals surface area contributed by atoms with Gasteiger partial charge in [0.15, 0.2) is 5.65 Å². The Balaban J connectivity index is 1.64. The van der Waals surface area contributed by atoms with E-state index in [2.05, 4.69) is 26.0 Å². The Morgan fingerprint density at radius 3 is 2.90 bits per heavy atom. The summed E-state index contributed by atoms with van der Waals surface area (Å²) in [6.45, 7) is 0.325. The van der Waals surface area contributed by atoms with Crippen LogP contribution in [0.5, 0.6) is 0 Å². The Labute approximate surface area is 168 Å². The number of rotatable bonds is 3. The van der Waals surface area contributed by atoms with Gasteiger partial charge in [0.25, 0.3) is 0 Å². The van der Waals surface area contributed by atoms with E-state index in [9.17, 15) is 4.79 Å². The highest BCUT2D eigenvalue weighted by Crippen LogP contribution is 2.19. The number of imidazole rings is 2. The molecule has 0 spiro atoms. The molecule has 0 fully saturated rings. The summed E-state index contributed by atoms with van der Waals surface area (Å²) in [7, 11) is 0. The molecule has 0 bridgehead atoms. The molecule has 1 N–H and O–H groups in total. The largest absolute Gasteiger partial charge is 0.328 e. The molecule has 0 aliphatic carbocycles. The number of fused-ring (bicyclic) bond motifs is 2. The predicted molar refractivity (Wildman–Crippen MR) is 108 cm³/mol. The number of aromatic nitrogens is 6. The van der Waals surface area contributed by atoms with Crippen LogP contribution in [0.1, 0.15) is 11.1 Å². The summed E-state index contributed by atoms with van der Waals surface area (Å²) in [6, 6.07) is 14.6. The fourth-order valence-electron chi connectivity index (χ4n) is 3.26. The van der Waals surface area contributed by atoms with Gasteiger partial charge in [0.1, 0.15) is 11.8 Å². The van der Waals surface area contributed by atoms with Gasteiger partial charge in [-0.25, -0.2) is 14.8 Å². The summed E-state index contributed by atoms with van der Waals surface area (Å²) in [4.78, 5) is 28.5. The SMILES string of the molecule is N#Cc1ccc2c(c1)ncn2-c1ncc2[nH]c(=O)n(Cc3cccc(Cl)c3)c2n1. The van der Waals surface area contributed by atoms with Crippen molar-refractivity contribution in [3.8, 4) is 12.0 Å². The monoisotopic (exact) mass is 401 g/mol. The smallest absolute Gasteiger partial charge is 0.303 e. The number of aromatic amines is 1. The molecule has 3 aromatic heterocycles. The molecule has 3 heterocycles. The molecule has 0 saturated carbocycles. The molecule has 5 aromatic rings. The summed E-state index contributed by atoms with van der Waals surface area (Å²) in [5.74, 6) is 0.378. The van der Waals surface area contributed by atoms with Crippen LogP contribution in [0.3, 0.4) is 0 Å². The van der Waals surface area contributed by atoms with Gasteiger partial charge in [-0.05, 0) is 35.9 Å². The zero-order valence-corrected chi connectivity index (χ0v) is 15.6. The highest BCUT2D eigenvalue weighted by Gasteiger charge is 2.13. The van der Waals surface area contributed by atoms with E-state index in [1.807, 2.05) is 18.2 Å². The Bertz CT molecular complexity index is 1490. The maximum atomic E-state index is 12.5. The Hall–Kier alpha value is -3.96. The van der Waals surface area contributed by atoms with Gasteiger partial charge < -0.3 is 4.98 Å². The van der Waals surface area contributed by atoms with Crippen LogP contribution in [0.15, 0.2) is 59.8 Å². The van der Waals surface area contributed by atoms with Gasteiger partial charge in [-0.3, -0.25) is 9.13 Å². The number of nitriles is 1. The van der Waals surface area contributed by atoms with E-state index < -0.39 is 0 Å². The number of hydrogen-bond acceptors (Lipinski definition) is 5. The molecule has 29 heavy (non-hydrogen) atoms. The minimum absolute atomic E-state index is 0.277. The van der Waals surface area contributed by atoms with Gasteiger partial charge in [0, 0.05) is 5.02 Å². The molecular weight excluding hydrogens is 390 g/mol. The summed E-state index contributed by atoms with van der Waals surface area (Å²) in [6.07, 6.45) is 3.17. The van der Waals surface area contributed by atoms with Gasteiger partial charge in [-0.15, -0.1) is 0 Å². The zero-order chi connectivity index (χ0) is 20.0. The standard InChI is InChI=1S/C20H12ClN7O/c21-14-3-1-2-13(6-14)10-27-18-16(25-20(27)29)9-23-19(26-18)28-11-24-15-7-12(8-22)4-5-17(15)28/h1-7,9,11H,10H2,(H,25,29). The molecule has 0 saturated heterocycles. The van der Waals surface area contributed by atoms with Crippen LogP contribution in [0.2, 0.25) is 5.02 Å². The first kappa shape index (κ1) is 17.2. The molecule has 2 aromatic carbocycles. The van der Waals surface area contributed by atoms with Gasteiger partial charge >= 0.3 is 5.69 Å². The van der Waals surface area contributed by atoms with E-state index in [-0.39, 0.29) is 5.69 Å². The summed E-state index contributed by atoms with van der Waals surface area (Å²) < 4.78 is 3.26. The average Bonchev–Trinajstić information content (AvgIpc) is 3.28. The highest BCUT2D eigenvalue weighted by atomic mass is 35.5. The first-order chi connectivity index (χ1) is 14.1. The van der Waals surface area contributed by atoms with Crippen LogP contribution in [0.4, 0.5) is 0 Å². The first-order valence-electron chi connectivity index (χ1n) is 8.70. The maximum Gasteiger partial charge on any atom is 0.328 e. The minimum atomic E-state index is -0.277. The van der Waals surface area contributed by atoms with E-state index in [1.165, 1.54) is 0 Å². The minimum Gasteiger partial charge on any atom is -0.303 e. The van der Waals surface area contributed by atoms with Gasteiger partial charge in [-0.1, -0.05) is 23.7 Å². The van der Waals surface area contributed by atoms with E-state index in [0.717, 1.165) is 11.1 Å². The molecule has 8 nitrogen and oxygen atoms in total. The highest BCUT2D eigenvalue weighted by molar-refractivity contribution is 6.30. The predicted octanol–water partition coefficient (Wildman–Crippen LogP) is 3.03. The number of benzene rings is 2. The van der Waals surface area contributed by atoms with E-state index >= 15 is 0 Å². The van der Waals surface area contributed by atoms with Gasteiger partial charge in [0.2, 0.25) is 5.95 Å². The number of halogens is 1. The lowest BCUT2D eigenvalue weighted by Crippen LogP contribution is -2.18. The van der Waals surface area contributed by atoms with Crippen LogP contribution in [0, 0.1) is 11.3 Å². The lowest BCUT2D eigenvalue weighted by molar-refractivity contribution is 0.774. The molecule has 0 aliphatic rings. The molecule has 140 valence electrons. The van der Waals surface area contributed by atoms with Crippen molar-refractivity contribution in [2.75, 3.05) is 0 Å². The Kier molecular flexibility index (Phi) is 3.89. The van der Waals surface area contributed by atoms with Crippen molar-refractivity contribution in [2.24, 2.45) is 0 Å². The third-order valence-electron chi connectivity index (χ3n) is 4.62. The second-order valence-electron chi connectivity index (χ2n) is 6.48. The van der Waals surface area contributed by atoms with Gasteiger partial charge in [0.05, 0.1) is 35.4 Å². The maximum absolute atomic E-state index is 12.5. The van der Waals surface area contributed by atoms with Crippen LogP contribution in [-0.2, 0) is 6.54 Å². The van der Waals surface area contributed by atoms with Crippen molar-refractivity contribution in [3.63, 3.8) is 0 Å². The fourth-order valence-corrected chi connectivity index (χ4v) is 3.47. The van der Waals surface area contributed by atoms with Crippen molar-refractivity contribution in [1.29, 1.82) is 5.26 Å². The quantitative estimate of drug-likeness (QED) is 0.500. The Morgan fingerprint density at radius 2 is 2.07 bits per heavy atom. The third-order valence-corrected chi connectivity index (χ3v) is 4.85. The number of nitrogens with zero attached hydrogens (tertiary/aromatic N) is 6. The van der Waals surface area contributed by atoms with Crippen molar-refractivity contribution in [1.82, 2.24) is 29.1 Å². The van der Waals surface area contributed by atoms with E-state index in [0.29, 0.717) is 39.8 Å². The second-order valence-corrected chi connectivity index (χ2v) is 6.92. The van der Waals surface area contributed by atoms with Crippen molar-refractivity contribution in [3.05, 3.63) is 81.6 Å². The van der Waals surface area contributed by atoms with E-state index in [1.54, 1.807) is 45.9 Å².